The molecule has 0 saturated heterocycles. The number of hydrogen-bond donors (Lipinski definition) is 0. The Morgan fingerprint density at radius 1 is 0.944 bits per heavy atom. The van der Waals surface area contributed by atoms with Crippen molar-refractivity contribution in [3.8, 4) is 23.2 Å². The van der Waals surface area contributed by atoms with Gasteiger partial charge in [-0.25, -0.2) is 4.98 Å². The molecule has 18 heavy (non-hydrogen) atoms. The van der Waals surface area contributed by atoms with Crippen LogP contribution >= 0.6 is 0 Å². The molecule has 2 heterocycles. The van der Waals surface area contributed by atoms with Gasteiger partial charge in [-0.1, -0.05) is 30.3 Å². The fourth-order valence-corrected chi connectivity index (χ4v) is 1.53. The first-order valence-corrected chi connectivity index (χ1v) is 5.48. The highest BCUT2D eigenvalue weighted by Crippen LogP contribution is 2.19. The molecule has 3 aromatic rings. The molecule has 86 valence electrons. The molecule has 0 atom stereocenters. The van der Waals surface area contributed by atoms with E-state index in [-0.39, 0.29) is 0 Å². The van der Waals surface area contributed by atoms with E-state index >= 15 is 0 Å². The van der Waals surface area contributed by atoms with Crippen molar-refractivity contribution in [1.82, 2.24) is 4.98 Å². The van der Waals surface area contributed by atoms with Crippen LogP contribution in [0.1, 0.15) is 11.7 Å². The van der Waals surface area contributed by atoms with Crippen molar-refractivity contribution in [2.24, 2.45) is 0 Å². The third-order valence-electron chi connectivity index (χ3n) is 2.38. The zero-order chi connectivity index (χ0) is 12.2. The summed E-state index contributed by atoms with van der Waals surface area (Å²) in [5.74, 6) is 7.33. The first kappa shape index (κ1) is 10.4. The minimum atomic E-state index is 0.380. The summed E-state index contributed by atoms with van der Waals surface area (Å²) in [5, 5.41) is 0. The molecule has 0 aliphatic carbocycles. The second-order valence-corrected chi connectivity index (χ2v) is 3.62. The van der Waals surface area contributed by atoms with Crippen molar-refractivity contribution in [3.63, 3.8) is 0 Å². The van der Waals surface area contributed by atoms with Gasteiger partial charge >= 0.3 is 0 Å². The second kappa shape index (κ2) is 4.64. The Balaban J connectivity index is 1.86. The van der Waals surface area contributed by atoms with Crippen LogP contribution in [-0.4, -0.2) is 4.98 Å². The maximum Gasteiger partial charge on any atom is 0.274 e. The maximum absolute atomic E-state index is 5.54. The molecular formula is C15H9NO2. The fourth-order valence-electron chi connectivity index (χ4n) is 1.53. The highest BCUT2D eigenvalue weighted by molar-refractivity contribution is 5.56. The van der Waals surface area contributed by atoms with Crippen LogP contribution in [0.15, 0.2) is 63.8 Å². The lowest BCUT2D eigenvalue weighted by Crippen LogP contribution is -1.71. The SMILES string of the molecule is C(#Cc1ncc(-c2ccccc2)o1)c1ccco1. The van der Waals surface area contributed by atoms with Gasteiger partial charge in [-0.15, -0.1) is 0 Å². The van der Waals surface area contributed by atoms with Crippen LogP contribution in [0.2, 0.25) is 0 Å². The van der Waals surface area contributed by atoms with E-state index in [0.717, 1.165) is 5.56 Å². The standard InChI is InChI=1S/C15H9NO2/c1-2-5-12(6-3-1)14-11-16-15(18-14)9-8-13-7-4-10-17-13/h1-7,10-11H. The first-order valence-electron chi connectivity index (χ1n) is 5.48. The van der Waals surface area contributed by atoms with Crippen molar-refractivity contribution in [3.05, 3.63) is 66.6 Å². The molecule has 0 saturated carbocycles. The van der Waals surface area contributed by atoms with Crippen LogP contribution in [0.25, 0.3) is 11.3 Å². The van der Waals surface area contributed by atoms with Crippen LogP contribution in [0.5, 0.6) is 0 Å². The zero-order valence-corrected chi connectivity index (χ0v) is 9.46. The Kier molecular flexibility index (Phi) is 2.69. The Labute approximate surface area is 104 Å². The van der Waals surface area contributed by atoms with Gasteiger partial charge in [0.2, 0.25) is 0 Å². The van der Waals surface area contributed by atoms with E-state index in [1.54, 1.807) is 24.6 Å². The number of benzene rings is 1. The second-order valence-electron chi connectivity index (χ2n) is 3.62. The van der Waals surface area contributed by atoms with Crippen LogP contribution < -0.4 is 0 Å². The number of hydrogen-bond acceptors (Lipinski definition) is 3. The molecule has 0 spiro atoms. The van der Waals surface area contributed by atoms with E-state index in [4.69, 9.17) is 8.83 Å². The summed E-state index contributed by atoms with van der Waals surface area (Å²) >= 11 is 0. The van der Waals surface area contributed by atoms with Gasteiger partial charge in [0.1, 0.15) is 0 Å². The highest BCUT2D eigenvalue weighted by atomic mass is 16.4. The van der Waals surface area contributed by atoms with Crippen LogP contribution in [0.3, 0.4) is 0 Å². The van der Waals surface area contributed by atoms with Crippen LogP contribution in [0, 0.1) is 11.8 Å². The van der Waals surface area contributed by atoms with E-state index in [1.165, 1.54) is 0 Å². The normalized spacial score (nSPS) is 9.78. The lowest BCUT2D eigenvalue weighted by atomic mass is 10.2. The van der Waals surface area contributed by atoms with Gasteiger partial charge in [0, 0.05) is 11.5 Å². The molecule has 0 radical (unpaired) electrons. The number of rotatable bonds is 1. The molecule has 1 aromatic carbocycles. The van der Waals surface area contributed by atoms with Crippen molar-refractivity contribution < 1.29 is 8.83 Å². The summed E-state index contributed by atoms with van der Waals surface area (Å²) in [6, 6.07) is 13.4. The molecule has 0 N–H and O–H groups in total. The summed E-state index contributed by atoms with van der Waals surface area (Å²) in [5.41, 5.74) is 0.982. The quantitative estimate of drug-likeness (QED) is 0.607. The third-order valence-corrected chi connectivity index (χ3v) is 2.38. The van der Waals surface area contributed by atoms with Gasteiger partial charge in [-0.3, -0.25) is 0 Å². The molecule has 3 heteroatoms. The van der Waals surface area contributed by atoms with Crippen molar-refractivity contribution in [2.75, 3.05) is 0 Å². The van der Waals surface area contributed by atoms with E-state index < -0.39 is 0 Å². The van der Waals surface area contributed by atoms with Crippen LogP contribution in [-0.2, 0) is 0 Å². The molecular weight excluding hydrogens is 226 g/mol. The molecule has 0 amide bonds. The van der Waals surface area contributed by atoms with E-state index in [0.29, 0.717) is 17.4 Å². The van der Waals surface area contributed by atoms with Gasteiger partial charge in [0.05, 0.1) is 12.5 Å². The van der Waals surface area contributed by atoms with Crippen molar-refractivity contribution in [2.45, 2.75) is 0 Å². The van der Waals surface area contributed by atoms with E-state index in [2.05, 4.69) is 16.8 Å². The summed E-state index contributed by atoms with van der Waals surface area (Å²) in [7, 11) is 0. The zero-order valence-electron chi connectivity index (χ0n) is 9.46. The topological polar surface area (TPSA) is 39.2 Å². The number of oxazole rings is 1. The molecule has 0 bridgehead atoms. The Bertz CT molecular complexity index is 685. The average Bonchev–Trinajstić information content (AvgIpc) is 3.09. The lowest BCUT2D eigenvalue weighted by Gasteiger charge is -1.92. The Morgan fingerprint density at radius 3 is 2.61 bits per heavy atom. The Hall–Kier alpha value is -2.73. The molecule has 0 aliphatic heterocycles. The number of furan rings is 1. The Morgan fingerprint density at radius 2 is 1.83 bits per heavy atom. The van der Waals surface area contributed by atoms with E-state index in [1.807, 2.05) is 30.3 Å². The lowest BCUT2D eigenvalue weighted by molar-refractivity contribution is 0.550. The summed E-state index contributed by atoms with van der Waals surface area (Å²) in [6.07, 6.45) is 3.25. The predicted molar refractivity (Wildman–Crippen MR) is 66.6 cm³/mol. The fraction of sp³-hybridized carbons (Fsp3) is 0. The number of aromatic nitrogens is 1. The maximum atomic E-state index is 5.54. The van der Waals surface area contributed by atoms with Crippen molar-refractivity contribution >= 4 is 0 Å². The molecule has 2 aromatic heterocycles. The monoisotopic (exact) mass is 235 g/mol. The van der Waals surface area contributed by atoms with E-state index in [9.17, 15) is 0 Å². The minimum absolute atomic E-state index is 0.380. The number of nitrogens with zero attached hydrogens (tertiary/aromatic N) is 1. The average molecular weight is 235 g/mol. The summed E-state index contributed by atoms with van der Waals surface area (Å²) in [4.78, 5) is 4.11. The smallest absolute Gasteiger partial charge is 0.274 e. The summed E-state index contributed by atoms with van der Waals surface area (Å²) in [6.45, 7) is 0. The molecule has 0 fully saturated rings. The molecule has 3 rings (SSSR count). The molecule has 3 nitrogen and oxygen atoms in total. The third kappa shape index (κ3) is 2.18. The van der Waals surface area contributed by atoms with Crippen molar-refractivity contribution in [1.29, 1.82) is 0 Å². The molecule has 0 unspecified atom stereocenters. The van der Waals surface area contributed by atoms with Gasteiger partial charge in [-0.2, -0.15) is 0 Å². The summed E-state index contributed by atoms with van der Waals surface area (Å²) < 4.78 is 10.6. The van der Waals surface area contributed by atoms with Gasteiger partial charge < -0.3 is 8.83 Å². The minimum Gasteiger partial charge on any atom is -0.456 e. The largest absolute Gasteiger partial charge is 0.456 e. The van der Waals surface area contributed by atoms with Crippen LogP contribution in [0.4, 0.5) is 0 Å². The van der Waals surface area contributed by atoms with Gasteiger partial charge in [0.25, 0.3) is 5.89 Å². The van der Waals surface area contributed by atoms with Gasteiger partial charge in [-0.05, 0) is 18.1 Å². The first-order chi connectivity index (χ1) is 8.92. The predicted octanol–water partition coefficient (Wildman–Crippen LogP) is 3.33. The highest BCUT2D eigenvalue weighted by Gasteiger charge is 2.03. The van der Waals surface area contributed by atoms with Gasteiger partial charge in [0.15, 0.2) is 11.5 Å². The molecule has 0 aliphatic rings.